The third-order valence-electron chi connectivity index (χ3n) is 5.49. The molecule has 1 aromatic carbocycles. The van der Waals surface area contributed by atoms with E-state index in [1.165, 1.54) is 28.0 Å². The Balaban J connectivity index is 1.44. The van der Waals surface area contributed by atoms with Crippen LogP contribution in [0.5, 0.6) is 0 Å². The van der Waals surface area contributed by atoms with E-state index in [0.717, 1.165) is 10.1 Å². The molecule has 0 aliphatic carbocycles. The van der Waals surface area contributed by atoms with Crippen LogP contribution in [0.15, 0.2) is 35.5 Å². The zero-order valence-electron chi connectivity index (χ0n) is 17.7. The fourth-order valence-corrected chi connectivity index (χ4v) is 6.50. The van der Waals surface area contributed by atoms with Crippen molar-refractivity contribution in [2.24, 2.45) is 0 Å². The van der Waals surface area contributed by atoms with E-state index in [4.69, 9.17) is 11.6 Å². The summed E-state index contributed by atoms with van der Waals surface area (Å²) in [4.78, 5) is 51.2. The third kappa shape index (κ3) is 4.47. The Morgan fingerprint density at radius 1 is 1.27 bits per heavy atom. The number of Topliss-reactive ketones (excluding diaryl/α,β-unsaturated/α-hetero) is 1. The fraction of sp³-hybridized carbons (Fsp3) is 0.364. The van der Waals surface area contributed by atoms with E-state index in [1.54, 1.807) is 6.92 Å². The number of alkyl halides is 1. The lowest BCUT2D eigenvalue weighted by atomic mass is 10.0. The highest BCUT2D eigenvalue weighted by Crippen LogP contribution is 2.40. The van der Waals surface area contributed by atoms with E-state index >= 15 is 0 Å². The number of β-lactam (4-membered cyclic amide) rings is 1. The topological polar surface area (TPSA) is 116 Å². The third-order valence-corrected chi connectivity index (χ3v) is 8.39. The van der Waals surface area contributed by atoms with Gasteiger partial charge in [-0.05, 0) is 25.0 Å². The number of rotatable bonds is 9. The summed E-state index contributed by atoms with van der Waals surface area (Å²) in [6, 6.07) is 6.78. The molecule has 11 heteroatoms. The predicted octanol–water partition coefficient (Wildman–Crippen LogP) is 3.27. The number of hydrogen-bond donors (Lipinski definition) is 3. The molecule has 2 aromatic rings. The summed E-state index contributed by atoms with van der Waals surface area (Å²) >= 11 is 8.52. The number of nitrogens with one attached hydrogen (secondary N) is 2. The fourth-order valence-electron chi connectivity index (χ4n) is 3.93. The molecule has 1 unspecified atom stereocenters. The second-order valence-electron chi connectivity index (χ2n) is 7.76. The Bertz CT molecular complexity index is 1180. The molecule has 2 amide bonds. The number of aliphatic carboxylic acids is 1. The molecule has 2 aliphatic heterocycles. The molecule has 1 saturated heterocycles. The Morgan fingerprint density at radius 2 is 2.03 bits per heavy atom. The van der Waals surface area contributed by atoms with E-state index in [-0.39, 0.29) is 18.0 Å². The highest BCUT2D eigenvalue weighted by Gasteiger charge is 2.53. The summed E-state index contributed by atoms with van der Waals surface area (Å²) < 4.78 is 0.932. The zero-order chi connectivity index (χ0) is 23.7. The molecule has 3 N–H and O–H groups in total. The number of benzene rings is 1. The van der Waals surface area contributed by atoms with Crippen LogP contribution in [-0.2, 0) is 14.4 Å². The number of amides is 2. The van der Waals surface area contributed by atoms with Gasteiger partial charge in [-0.3, -0.25) is 19.3 Å². The van der Waals surface area contributed by atoms with Gasteiger partial charge < -0.3 is 15.7 Å². The van der Waals surface area contributed by atoms with Crippen molar-refractivity contribution in [3.63, 3.8) is 0 Å². The molecule has 1 fully saturated rings. The molecular weight excluding hydrogens is 486 g/mol. The molecule has 0 bridgehead atoms. The summed E-state index contributed by atoms with van der Waals surface area (Å²) in [7, 11) is 0. The number of thiophene rings is 1. The number of carbonyl (C=O) groups is 4. The van der Waals surface area contributed by atoms with E-state index in [0.29, 0.717) is 40.6 Å². The first-order chi connectivity index (χ1) is 15.8. The molecule has 3 heterocycles. The maximum Gasteiger partial charge on any atom is 0.352 e. The first-order valence-corrected chi connectivity index (χ1v) is 12.7. The molecule has 1 aromatic heterocycles. The van der Waals surface area contributed by atoms with Gasteiger partial charge in [0.15, 0.2) is 5.78 Å². The van der Waals surface area contributed by atoms with Crippen LogP contribution in [0.1, 0.15) is 29.4 Å². The number of thioether (sulfide) groups is 1. The van der Waals surface area contributed by atoms with E-state index in [1.807, 2.05) is 24.3 Å². The van der Waals surface area contributed by atoms with E-state index in [2.05, 4.69) is 10.6 Å². The van der Waals surface area contributed by atoms with Crippen molar-refractivity contribution in [1.82, 2.24) is 10.2 Å². The monoisotopic (exact) mass is 507 g/mol. The summed E-state index contributed by atoms with van der Waals surface area (Å²) in [6.45, 7) is 1.56. The van der Waals surface area contributed by atoms with Gasteiger partial charge in [-0.15, -0.1) is 34.7 Å². The number of carbonyl (C=O) groups excluding carboxylic acids is 3. The van der Waals surface area contributed by atoms with Gasteiger partial charge in [0.2, 0.25) is 5.91 Å². The molecule has 0 radical (unpaired) electrons. The van der Waals surface area contributed by atoms with Crippen molar-refractivity contribution >= 4 is 74.0 Å². The van der Waals surface area contributed by atoms with Gasteiger partial charge in [0.1, 0.15) is 17.1 Å². The molecule has 8 nitrogen and oxygen atoms in total. The van der Waals surface area contributed by atoms with Gasteiger partial charge in [0, 0.05) is 28.1 Å². The average molecular weight is 508 g/mol. The Hall–Kier alpha value is -2.56. The quantitative estimate of drug-likeness (QED) is 0.271. The number of fused-ring (bicyclic) bond motifs is 2. The molecule has 174 valence electrons. The molecule has 4 rings (SSSR count). The largest absolute Gasteiger partial charge is 0.477 e. The van der Waals surface area contributed by atoms with Crippen LogP contribution in [0.2, 0.25) is 0 Å². The number of carboxylic acids is 1. The first-order valence-electron chi connectivity index (χ1n) is 10.3. The van der Waals surface area contributed by atoms with Crippen LogP contribution >= 0.6 is 34.7 Å². The lowest BCUT2D eigenvalue weighted by molar-refractivity contribution is -0.150. The lowest BCUT2D eigenvalue weighted by Crippen LogP contribution is -2.70. The molecule has 2 aliphatic rings. The predicted molar refractivity (Wildman–Crippen MR) is 130 cm³/mol. The Kier molecular flexibility index (Phi) is 6.96. The minimum Gasteiger partial charge on any atom is -0.477 e. The van der Waals surface area contributed by atoms with E-state index in [9.17, 15) is 24.3 Å². The van der Waals surface area contributed by atoms with E-state index < -0.39 is 29.2 Å². The number of anilines is 1. The van der Waals surface area contributed by atoms with Crippen molar-refractivity contribution in [2.45, 2.75) is 31.2 Å². The van der Waals surface area contributed by atoms with Crippen molar-refractivity contribution in [3.8, 4) is 0 Å². The average Bonchev–Trinajstić information content (AvgIpc) is 3.18. The molecule has 2 atom stereocenters. The van der Waals surface area contributed by atoms with Gasteiger partial charge in [0.05, 0.1) is 17.1 Å². The van der Waals surface area contributed by atoms with Crippen LogP contribution in [0.3, 0.4) is 0 Å². The van der Waals surface area contributed by atoms with Gasteiger partial charge >= 0.3 is 5.97 Å². The summed E-state index contributed by atoms with van der Waals surface area (Å²) in [5.74, 6) is -1.15. The van der Waals surface area contributed by atoms with Gasteiger partial charge in [-0.2, -0.15) is 0 Å². The lowest BCUT2D eigenvalue weighted by Gasteiger charge is -2.49. The molecule has 0 spiro atoms. The van der Waals surface area contributed by atoms with Gasteiger partial charge in [-0.1, -0.05) is 18.2 Å². The SMILES string of the molecule is CC1=C(C(=O)O)N2C(=O)C(NC(=O)CNc3c(C(=O)CCCCl)sc4ccccc34)[C@@H]2SC1. The van der Waals surface area contributed by atoms with Crippen LogP contribution < -0.4 is 10.6 Å². The van der Waals surface area contributed by atoms with Crippen molar-refractivity contribution in [3.05, 3.63) is 40.4 Å². The minimum absolute atomic E-state index is 0.00258. The highest BCUT2D eigenvalue weighted by molar-refractivity contribution is 8.00. The number of halogens is 1. The Morgan fingerprint density at radius 3 is 2.76 bits per heavy atom. The van der Waals surface area contributed by atoms with Gasteiger partial charge in [-0.25, -0.2) is 4.79 Å². The first kappa shape index (κ1) is 23.6. The number of hydrogen-bond acceptors (Lipinski definition) is 7. The summed E-state index contributed by atoms with van der Waals surface area (Å²) in [5.41, 5.74) is 1.22. The van der Waals surface area contributed by atoms with Crippen LogP contribution in [0.4, 0.5) is 5.69 Å². The minimum atomic E-state index is -1.15. The standard InChI is InChI=1S/C22H22ClN3O5S2/c1-11-10-32-21-17(20(29)26(21)18(11)22(30)31)25-15(28)9-24-16-12-5-2-3-7-14(12)33-19(16)13(27)6-4-8-23/h2-3,5,7,17,21,24H,4,6,8-10H2,1H3,(H,25,28)(H,30,31)/t17?,21-/m0/s1. The second kappa shape index (κ2) is 9.74. The van der Waals surface area contributed by atoms with Crippen molar-refractivity contribution in [2.75, 3.05) is 23.5 Å². The maximum absolute atomic E-state index is 12.7. The Labute approximate surface area is 203 Å². The van der Waals surface area contributed by atoms with Crippen molar-refractivity contribution in [1.29, 1.82) is 0 Å². The maximum atomic E-state index is 12.7. The molecule has 33 heavy (non-hydrogen) atoms. The number of carboxylic acid groups (broad SMARTS) is 1. The number of nitrogens with zero attached hydrogens (tertiary/aromatic N) is 1. The molecule has 0 saturated carbocycles. The van der Waals surface area contributed by atoms with Gasteiger partial charge in [0.25, 0.3) is 5.91 Å². The smallest absolute Gasteiger partial charge is 0.352 e. The highest BCUT2D eigenvalue weighted by atomic mass is 35.5. The summed E-state index contributed by atoms with van der Waals surface area (Å²) in [6.07, 6.45) is 0.890. The van der Waals surface area contributed by atoms with Crippen LogP contribution in [-0.4, -0.2) is 63.2 Å². The summed E-state index contributed by atoms with van der Waals surface area (Å²) in [5, 5.41) is 15.6. The van der Waals surface area contributed by atoms with Crippen molar-refractivity contribution < 1.29 is 24.3 Å². The van der Waals surface area contributed by atoms with Crippen LogP contribution in [0.25, 0.3) is 10.1 Å². The second-order valence-corrected chi connectivity index (χ2v) is 10.3. The number of ketones is 1. The normalized spacial score (nSPS) is 19.8. The zero-order valence-corrected chi connectivity index (χ0v) is 20.1. The molecular formula is C22H22ClN3O5S2. The van der Waals surface area contributed by atoms with Crippen LogP contribution in [0, 0.1) is 0 Å².